The van der Waals surface area contributed by atoms with Crippen LogP contribution < -0.4 is 5.32 Å². The zero-order valence-electron chi connectivity index (χ0n) is 32.6. The molecule has 5 nitrogen and oxygen atoms in total. The molecular formula is C54H38N4O. The van der Waals surface area contributed by atoms with Crippen LogP contribution in [0, 0.1) is 0 Å². The summed E-state index contributed by atoms with van der Waals surface area (Å²) in [7, 11) is 0. The smallest absolute Gasteiger partial charge is 0.159 e. The number of amidine groups is 2. The molecule has 2 aromatic heterocycles. The Morgan fingerprint density at radius 3 is 2.03 bits per heavy atom. The standard InChI is InChI=1S/C54H38N4O/c1-54(2)45-19-11-9-17-39(45)40-25-22-36(29-46(40)54)52-55-51(34-15-7-4-8-16-34)56-53(57-52)37-23-27-43-44-28-24-38(32-50(44)59-49(43)31-37)58-47-20-12-10-18-41(47)42-26-21-35(30-48(42)58)33-13-5-3-6-14-33/h3-32,51H,1-2H3,(H,55,56,57). The minimum atomic E-state index is -0.306. The van der Waals surface area contributed by atoms with Crippen molar-refractivity contribution in [3.63, 3.8) is 0 Å². The van der Waals surface area contributed by atoms with Gasteiger partial charge in [0.1, 0.15) is 23.2 Å². The fourth-order valence-electron chi connectivity index (χ4n) is 9.49. The number of benzene rings is 8. The van der Waals surface area contributed by atoms with Crippen LogP contribution >= 0.6 is 0 Å². The number of para-hydroxylation sites is 1. The summed E-state index contributed by atoms with van der Waals surface area (Å²) in [5.41, 5.74) is 15.5. The quantitative estimate of drug-likeness (QED) is 0.190. The van der Waals surface area contributed by atoms with E-state index in [2.05, 4.69) is 200 Å². The number of nitrogens with one attached hydrogen (secondary N) is 1. The Morgan fingerprint density at radius 1 is 0.508 bits per heavy atom. The number of fused-ring (bicyclic) bond motifs is 9. The second-order valence-electron chi connectivity index (χ2n) is 16.2. The molecule has 0 bridgehead atoms. The van der Waals surface area contributed by atoms with Gasteiger partial charge in [-0.1, -0.05) is 147 Å². The van der Waals surface area contributed by atoms with Crippen LogP contribution in [0.5, 0.6) is 0 Å². The maximum atomic E-state index is 6.73. The first-order chi connectivity index (χ1) is 29.0. The lowest BCUT2D eigenvalue weighted by atomic mass is 9.82. The lowest BCUT2D eigenvalue weighted by Crippen LogP contribution is -2.33. The molecule has 0 spiro atoms. The summed E-state index contributed by atoms with van der Waals surface area (Å²) < 4.78 is 9.09. The van der Waals surface area contributed by atoms with Crippen LogP contribution in [0.3, 0.4) is 0 Å². The summed E-state index contributed by atoms with van der Waals surface area (Å²) in [5, 5.41) is 8.25. The highest BCUT2D eigenvalue weighted by Gasteiger charge is 2.36. The average Bonchev–Trinajstić information content (AvgIpc) is 3.91. The second-order valence-corrected chi connectivity index (χ2v) is 16.2. The van der Waals surface area contributed by atoms with Gasteiger partial charge in [0.25, 0.3) is 0 Å². The Morgan fingerprint density at radius 2 is 1.17 bits per heavy atom. The fourth-order valence-corrected chi connectivity index (χ4v) is 9.49. The van der Waals surface area contributed by atoms with Crippen molar-refractivity contribution in [1.82, 2.24) is 9.88 Å². The minimum absolute atomic E-state index is 0.119. The molecule has 1 N–H and O–H groups in total. The van der Waals surface area contributed by atoms with E-state index in [1.54, 1.807) is 0 Å². The predicted octanol–water partition coefficient (Wildman–Crippen LogP) is 13.2. The van der Waals surface area contributed by atoms with Crippen LogP contribution in [0.2, 0.25) is 0 Å². The van der Waals surface area contributed by atoms with Crippen molar-refractivity contribution >= 4 is 55.4 Å². The molecule has 0 radical (unpaired) electrons. The summed E-state index contributed by atoms with van der Waals surface area (Å²) in [5.74, 6) is 1.47. The maximum absolute atomic E-state index is 6.73. The Hall–Kier alpha value is -7.50. The first-order valence-corrected chi connectivity index (χ1v) is 20.3. The van der Waals surface area contributed by atoms with Gasteiger partial charge >= 0.3 is 0 Å². The second kappa shape index (κ2) is 12.8. The lowest BCUT2D eigenvalue weighted by molar-refractivity contribution is 0.658. The van der Waals surface area contributed by atoms with E-state index in [0.717, 1.165) is 61.2 Å². The van der Waals surface area contributed by atoms with Crippen molar-refractivity contribution in [2.75, 3.05) is 0 Å². The molecular weight excluding hydrogens is 721 g/mol. The van der Waals surface area contributed by atoms with Crippen LogP contribution in [0.1, 0.15) is 47.8 Å². The molecule has 10 aromatic rings. The monoisotopic (exact) mass is 758 g/mol. The van der Waals surface area contributed by atoms with E-state index >= 15 is 0 Å². The normalized spacial score (nSPS) is 15.6. The molecule has 1 aliphatic carbocycles. The molecule has 0 saturated heterocycles. The van der Waals surface area contributed by atoms with Gasteiger partial charge < -0.3 is 14.3 Å². The van der Waals surface area contributed by atoms with Crippen molar-refractivity contribution in [2.24, 2.45) is 9.98 Å². The Balaban J connectivity index is 0.963. The maximum Gasteiger partial charge on any atom is 0.159 e. The van der Waals surface area contributed by atoms with E-state index in [1.165, 1.54) is 44.2 Å². The molecule has 1 unspecified atom stereocenters. The molecule has 0 saturated carbocycles. The first kappa shape index (κ1) is 33.6. The number of hydrogen-bond donors (Lipinski definition) is 1. The number of aliphatic imine (C=N–C) groups is 2. The van der Waals surface area contributed by atoms with Crippen LogP contribution in [0.15, 0.2) is 196 Å². The van der Waals surface area contributed by atoms with Gasteiger partial charge in [-0.3, -0.25) is 0 Å². The summed E-state index contributed by atoms with van der Waals surface area (Å²) in [6.07, 6.45) is -0.306. The van der Waals surface area contributed by atoms with E-state index < -0.39 is 0 Å². The van der Waals surface area contributed by atoms with E-state index in [4.69, 9.17) is 14.4 Å². The van der Waals surface area contributed by atoms with Crippen molar-refractivity contribution in [3.05, 3.63) is 210 Å². The molecule has 12 rings (SSSR count). The van der Waals surface area contributed by atoms with Gasteiger partial charge in [0, 0.05) is 49.8 Å². The zero-order chi connectivity index (χ0) is 39.2. The van der Waals surface area contributed by atoms with Crippen LogP contribution in [-0.2, 0) is 5.41 Å². The minimum Gasteiger partial charge on any atom is -0.456 e. The van der Waals surface area contributed by atoms with Gasteiger partial charge in [-0.2, -0.15) is 0 Å². The number of furan rings is 1. The zero-order valence-corrected chi connectivity index (χ0v) is 32.6. The van der Waals surface area contributed by atoms with Gasteiger partial charge in [0.05, 0.1) is 11.0 Å². The highest BCUT2D eigenvalue weighted by Crippen LogP contribution is 2.49. The predicted molar refractivity (Wildman–Crippen MR) is 243 cm³/mol. The van der Waals surface area contributed by atoms with Crippen LogP contribution in [-0.4, -0.2) is 16.2 Å². The third kappa shape index (κ3) is 5.24. The molecule has 5 heteroatoms. The molecule has 8 aromatic carbocycles. The average molecular weight is 759 g/mol. The van der Waals surface area contributed by atoms with Gasteiger partial charge in [0.15, 0.2) is 5.84 Å². The van der Waals surface area contributed by atoms with Gasteiger partial charge in [0.2, 0.25) is 0 Å². The number of hydrogen-bond acceptors (Lipinski definition) is 4. The Labute approximate surface area is 341 Å². The van der Waals surface area contributed by atoms with Gasteiger partial charge in [-0.25, -0.2) is 9.98 Å². The third-order valence-electron chi connectivity index (χ3n) is 12.5. The van der Waals surface area contributed by atoms with Crippen LogP contribution in [0.25, 0.3) is 71.7 Å². The number of aromatic nitrogens is 1. The van der Waals surface area contributed by atoms with Gasteiger partial charge in [-0.05, 0) is 81.4 Å². The summed E-state index contributed by atoms with van der Waals surface area (Å²) in [4.78, 5) is 10.4. The van der Waals surface area contributed by atoms with E-state index in [1.807, 2.05) is 6.07 Å². The van der Waals surface area contributed by atoms with Crippen molar-refractivity contribution in [1.29, 1.82) is 0 Å². The Bertz CT molecular complexity index is 3390. The largest absolute Gasteiger partial charge is 0.456 e. The number of nitrogens with zero attached hydrogens (tertiary/aromatic N) is 3. The van der Waals surface area contributed by atoms with Crippen molar-refractivity contribution < 1.29 is 4.42 Å². The summed E-state index contributed by atoms with van der Waals surface area (Å²) in [6, 6.07) is 64.8. The van der Waals surface area contributed by atoms with E-state index in [0.29, 0.717) is 5.84 Å². The van der Waals surface area contributed by atoms with Crippen molar-refractivity contribution in [3.8, 4) is 27.9 Å². The molecule has 0 fully saturated rings. The van der Waals surface area contributed by atoms with E-state index in [-0.39, 0.29) is 11.6 Å². The molecule has 1 atom stereocenters. The lowest BCUT2D eigenvalue weighted by Gasteiger charge is -2.25. The molecule has 3 heterocycles. The topological polar surface area (TPSA) is 54.8 Å². The summed E-state index contributed by atoms with van der Waals surface area (Å²) in [6.45, 7) is 4.63. The first-order valence-electron chi connectivity index (χ1n) is 20.3. The molecule has 280 valence electrons. The Kier molecular flexibility index (Phi) is 7.27. The van der Waals surface area contributed by atoms with Crippen molar-refractivity contribution in [2.45, 2.75) is 25.4 Å². The highest BCUT2D eigenvalue weighted by atomic mass is 16.3. The van der Waals surface area contributed by atoms with E-state index in [9.17, 15) is 0 Å². The molecule has 1 aliphatic heterocycles. The fraction of sp³-hybridized carbons (Fsp3) is 0.0741. The SMILES string of the molecule is CC1(C)c2ccccc2-c2ccc(C3=NC(c4ccc5c(c4)oc4cc(-n6c7ccccc7c7ccc(-c8ccccc8)cc76)ccc45)=NC(c4ccccc4)N3)cc21. The molecule has 59 heavy (non-hydrogen) atoms. The number of rotatable bonds is 5. The van der Waals surface area contributed by atoms with Crippen LogP contribution in [0.4, 0.5) is 0 Å². The van der Waals surface area contributed by atoms with Gasteiger partial charge in [-0.15, -0.1) is 0 Å². The molecule has 0 amide bonds. The summed E-state index contributed by atoms with van der Waals surface area (Å²) >= 11 is 0. The third-order valence-corrected chi connectivity index (χ3v) is 12.5. The molecule has 2 aliphatic rings. The highest BCUT2D eigenvalue weighted by molar-refractivity contribution is 6.16.